The van der Waals surface area contributed by atoms with Crippen LogP contribution < -0.4 is 9.47 Å². The third-order valence-corrected chi connectivity index (χ3v) is 13.2. The molecule has 3 aliphatic rings. The molecule has 3 aliphatic heterocycles. The number of alkyl halides is 6. The highest BCUT2D eigenvalue weighted by Crippen LogP contribution is 2.53. The van der Waals surface area contributed by atoms with Crippen molar-refractivity contribution in [3.05, 3.63) is 117 Å². The van der Waals surface area contributed by atoms with Gasteiger partial charge in [-0.05, 0) is 89.2 Å². The maximum atomic E-state index is 14.1. The zero-order chi connectivity index (χ0) is 43.3. The zero-order valence-corrected chi connectivity index (χ0v) is 35.5. The van der Waals surface area contributed by atoms with E-state index in [4.69, 9.17) is 25.8 Å². The normalized spacial score (nSPS) is 18.4. The molecule has 0 radical (unpaired) electrons. The average molecular weight is 895 g/mol. The monoisotopic (exact) mass is 894 g/mol. The predicted molar refractivity (Wildman–Crippen MR) is 220 cm³/mol. The fourth-order valence-corrected chi connectivity index (χ4v) is 10.1. The fourth-order valence-electron chi connectivity index (χ4n) is 8.01. The zero-order valence-electron chi connectivity index (χ0n) is 33.1. The molecule has 1 fully saturated rings. The van der Waals surface area contributed by atoms with E-state index in [2.05, 4.69) is 21.4 Å². The summed E-state index contributed by atoms with van der Waals surface area (Å²) in [6.07, 6.45) is -4.36. The molecule has 7 heterocycles. The Hall–Kier alpha value is -4.02. The van der Waals surface area contributed by atoms with Gasteiger partial charge in [0.15, 0.2) is 11.2 Å². The van der Waals surface area contributed by atoms with Crippen LogP contribution in [0.3, 0.4) is 0 Å². The van der Waals surface area contributed by atoms with Crippen molar-refractivity contribution in [1.82, 2.24) is 9.97 Å². The van der Waals surface area contributed by atoms with E-state index in [0.717, 1.165) is 33.2 Å². The summed E-state index contributed by atoms with van der Waals surface area (Å²) >= 11 is 9.03. The van der Waals surface area contributed by atoms with Crippen LogP contribution in [0, 0.1) is 5.82 Å². The van der Waals surface area contributed by atoms with Gasteiger partial charge in [0.1, 0.15) is 17.3 Å². The van der Waals surface area contributed by atoms with E-state index in [1.165, 1.54) is 28.2 Å². The summed E-state index contributed by atoms with van der Waals surface area (Å²) in [7, 11) is 0. The number of halogens is 8. The Morgan fingerprint density at radius 1 is 0.833 bits per heavy atom. The molecule has 60 heavy (non-hydrogen) atoms. The fraction of sp³-hybridized carbons (Fsp3) is 0.409. The van der Waals surface area contributed by atoms with Crippen LogP contribution in [0.4, 0.5) is 30.7 Å². The summed E-state index contributed by atoms with van der Waals surface area (Å²) in [5.41, 5.74) is -3.16. The second-order valence-corrected chi connectivity index (χ2v) is 19.2. The number of ether oxygens (including phenoxy) is 3. The molecule has 1 saturated heterocycles. The van der Waals surface area contributed by atoms with Gasteiger partial charge in [-0.1, -0.05) is 39.3 Å². The van der Waals surface area contributed by atoms with Crippen molar-refractivity contribution in [2.45, 2.75) is 94.2 Å². The number of benzene rings is 2. The largest absolute Gasteiger partial charge is 0.493 e. The van der Waals surface area contributed by atoms with Crippen molar-refractivity contribution in [1.29, 1.82) is 0 Å². The Labute approximate surface area is 355 Å². The van der Waals surface area contributed by atoms with Gasteiger partial charge >= 0.3 is 12.4 Å². The van der Waals surface area contributed by atoms with Crippen LogP contribution in [-0.4, -0.2) is 58.4 Å². The van der Waals surface area contributed by atoms with Crippen LogP contribution in [0.25, 0.3) is 20.3 Å². The summed E-state index contributed by atoms with van der Waals surface area (Å²) < 4.78 is 114. The number of fused-ring (bicyclic) bond motifs is 4. The van der Waals surface area contributed by atoms with Crippen LogP contribution in [0.1, 0.15) is 67.7 Å². The molecule has 2 atom stereocenters. The Morgan fingerprint density at radius 3 is 2.12 bits per heavy atom. The predicted octanol–water partition coefficient (Wildman–Crippen LogP) is 12.1. The highest BCUT2D eigenvalue weighted by atomic mass is 35.5. The lowest BCUT2D eigenvalue weighted by atomic mass is 9.73. The molecule has 4 aromatic heterocycles. The number of epoxide rings is 1. The highest BCUT2D eigenvalue weighted by Gasteiger charge is 2.67. The van der Waals surface area contributed by atoms with Gasteiger partial charge in [0.25, 0.3) is 0 Å². The molecule has 0 saturated carbocycles. The lowest BCUT2D eigenvalue weighted by Gasteiger charge is -2.38. The van der Waals surface area contributed by atoms with Crippen molar-refractivity contribution in [3.8, 4) is 11.5 Å². The third kappa shape index (κ3) is 9.25. The maximum absolute atomic E-state index is 14.1. The molecule has 2 aromatic carbocycles. The van der Waals surface area contributed by atoms with Crippen molar-refractivity contribution in [2.24, 2.45) is 0 Å². The Morgan fingerprint density at radius 2 is 1.50 bits per heavy atom. The molecule has 0 bridgehead atoms. The Balaban J connectivity index is 0.000000156. The van der Waals surface area contributed by atoms with Crippen LogP contribution in [0.2, 0.25) is 5.02 Å². The van der Waals surface area contributed by atoms with Crippen LogP contribution in [0.5, 0.6) is 11.5 Å². The quantitative estimate of drug-likeness (QED) is 0.121. The van der Waals surface area contributed by atoms with Gasteiger partial charge < -0.3 is 19.3 Å². The molecule has 6 nitrogen and oxygen atoms in total. The first-order chi connectivity index (χ1) is 28.1. The van der Waals surface area contributed by atoms with E-state index < -0.39 is 53.0 Å². The van der Waals surface area contributed by atoms with E-state index in [0.29, 0.717) is 52.2 Å². The van der Waals surface area contributed by atoms with E-state index >= 15 is 0 Å². The van der Waals surface area contributed by atoms with Crippen molar-refractivity contribution in [3.63, 3.8) is 0 Å². The number of pyridine rings is 2. The first kappa shape index (κ1) is 44.0. The SMILES string of the molecule is CC(C)(CC(O)(Cc1cc2cnccc2s1)C(F)(F)F)c1cc(F)cc2c1OCC2.CC(C)(CC1(C(F)(F)F)CO1)c1cc(Cl)cc2c1OCC2.c1cnc2ccsc2c1. The average Bonchev–Trinajstić information content (AvgIpc) is 3.64. The minimum absolute atomic E-state index is 0.139. The molecule has 9 rings (SSSR count). The minimum Gasteiger partial charge on any atom is -0.493 e. The molecule has 1 N–H and O–H groups in total. The van der Waals surface area contributed by atoms with Crippen molar-refractivity contribution in [2.75, 3.05) is 19.8 Å². The number of nitrogens with zero attached hydrogens (tertiary/aromatic N) is 2. The second-order valence-electron chi connectivity index (χ2n) is 16.6. The van der Waals surface area contributed by atoms with E-state index in [-0.39, 0.29) is 13.0 Å². The van der Waals surface area contributed by atoms with E-state index in [1.54, 1.807) is 69.6 Å². The summed E-state index contributed by atoms with van der Waals surface area (Å²) in [5.74, 6) is 0.594. The third-order valence-electron chi connectivity index (χ3n) is 11.0. The molecule has 0 amide bonds. The Kier molecular flexibility index (Phi) is 12.0. The van der Waals surface area contributed by atoms with Crippen LogP contribution in [0.15, 0.2) is 78.6 Å². The smallest absolute Gasteiger partial charge is 0.419 e. The first-order valence-corrected chi connectivity index (χ1v) is 21.2. The maximum Gasteiger partial charge on any atom is 0.419 e. The van der Waals surface area contributed by atoms with Crippen LogP contribution in [-0.2, 0) is 34.8 Å². The lowest BCUT2D eigenvalue weighted by Crippen LogP contribution is -2.50. The molecular formula is C44H42ClF7N2O4S2. The highest BCUT2D eigenvalue weighted by molar-refractivity contribution is 7.19. The van der Waals surface area contributed by atoms with Gasteiger partial charge in [-0.3, -0.25) is 9.97 Å². The molecule has 320 valence electrons. The number of hydrogen-bond donors (Lipinski definition) is 1. The molecule has 6 aromatic rings. The van der Waals surface area contributed by atoms with E-state index in [9.17, 15) is 35.8 Å². The molecule has 0 spiro atoms. The molecule has 16 heteroatoms. The molecule has 0 aliphatic carbocycles. The van der Waals surface area contributed by atoms with Gasteiger partial charge in [0.05, 0.1) is 30.0 Å². The van der Waals surface area contributed by atoms with Crippen LogP contribution >= 0.6 is 34.3 Å². The molecule has 2 unspecified atom stereocenters. The van der Waals surface area contributed by atoms with Crippen molar-refractivity contribution < 1.29 is 50.1 Å². The van der Waals surface area contributed by atoms with Gasteiger partial charge in [-0.15, -0.1) is 22.7 Å². The summed E-state index contributed by atoms with van der Waals surface area (Å²) in [5, 5.41) is 14.2. The number of aliphatic hydroxyl groups is 1. The first-order valence-electron chi connectivity index (χ1n) is 19.1. The lowest BCUT2D eigenvalue weighted by molar-refractivity contribution is -0.266. The van der Waals surface area contributed by atoms with Crippen molar-refractivity contribution >= 4 is 54.6 Å². The van der Waals surface area contributed by atoms with Gasteiger partial charge in [-0.25, -0.2) is 4.39 Å². The summed E-state index contributed by atoms with van der Waals surface area (Å²) in [4.78, 5) is 8.55. The standard InChI is InChI=1S/C22H21F4NO2S.C15H16ClF3O2.C7H5NS/c1-20(2,17-9-15(23)7-13-4-6-29-19(13)17)12-21(28,22(24,25)26)10-16-8-14-11-27-5-3-18(14)30-16;1-13(2,7-14(8-21-14)15(17,18)19)11-6-10(16)5-9-3-4-20-12(9)11;1-2-7-6(8-4-1)3-5-9-7/h3,5,7-9,11,28H,4,6,10,12H2,1-2H3;5-6H,3-4,7-8H2,1-2H3;1-5H. The van der Waals surface area contributed by atoms with E-state index in [1.807, 2.05) is 24.4 Å². The molecular weight excluding hydrogens is 853 g/mol. The number of rotatable bonds is 8. The second kappa shape index (κ2) is 16.4. The Bertz CT molecular complexity index is 2430. The number of thiophene rings is 2. The van der Waals surface area contributed by atoms with Gasteiger partial charge in [0, 0.05) is 74.5 Å². The number of aromatic nitrogens is 2. The minimum atomic E-state index is -4.87. The summed E-state index contributed by atoms with van der Waals surface area (Å²) in [6.45, 7) is 7.33. The van der Waals surface area contributed by atoms with Gasteiger partial charge in [0.2, 0.25) is 0 Å². The summed E-state index contributed by atoms with van der Waals surface area (Å²) in [6, 6.07) is 15.5. The number of hydrogen-bond acceptors (Lipinski definition) is 8. The topological polar surface area (TPSA) is 77.0 Å². The van der Waals surface area contributed by atoms with Gasteiger partial charge in [-0.2, -0.15) is 26.3 Å².